The van der Waals surface area contributed by atoms with Gasteiger partial charge in [-0.25, -0.2) is 0 Å². The third-order valence-electron chi connectivity index (χ3n) is 3.32. The number of benzene rings is 2. The first kappa shape index (κ1) is 17.3. The number of carbonyl (C=O) groups is 1. The summed E-state index contributed by atoms with van der Waals surface area (Å²) in [5.41, 5.74) is 0.944. The lowest BCUT2D eigenvalue weighted by molar-refractivity contribution is -0.384. The number of thioether (sulfide) groups is 1. The summed E-state index contributed by atoms with van der Waals surface area (Å²) in [6.45, 7) is 0.395. The molecule has 0 fully saturated rings. The quantitative estimate of drug-likeness (QED) is 0.459. The van der Waals surface area contributed by atoms with Gasteiger partial charge in [0, 0.05) is 30.6 Å². The molecular formula is C16H15ClN2O3S. The average molecular weight is 351 g/mol. The zero-order valence-corrected chi connectivity index (χ0v) is 14.2. The molecule has 7 heteroatoms. The van der Waals surface area contributed by atoms with Crippen molar-refractivity contribution in [3.05, 3.63) is 68.7 Å². The third-order valence-corrected chi connectivity index (χ3v) is 4.39. The minimum Gasteiger partial charge on any atom is -0.337 e. The Bertz CT molecular complexity index is 735. The minimum absolute atomic E-state index is 0.129. The van der Waals surface area contributed by atoms with Gasteiger partial charge in [0.25, 0.3) is 11.6 Å². The van der Waals surface area contributed by atoms with E-state index in [1.807, 2.05) is 30.5 Å². The van der Waals surface area contributed by atoms with E-state index < -0.39 is 4.92 Å². The van der Waals surface area contributed by atoms with Crippen LogP contribution in [-0.4, -0.2) is 29.0 Å². The Morgan fingerprint density at radius 2 is 1.91 bits per heavy atom. The third kappa shape index (κ3) is 4.24. The van der Waals surface area contributed by atoms with Crippen LogP contribution in [0.3, 0.4) is 0 Å². The summed E-state index contributed by atoms with van der Waals surface area (Å²) in [6, 6.07) is 11.7. The van der Waals surface area contributed by atoms with E-state index >= 15 is 0 Å². The molecular weight excluding hydrogens is 336 g/mol. The zero-order valence-electron chi connectivity index (χ0n) is 12.7. The second-order valence-corrected chi connectivity index (χ2v) is 6.22. The maximum atomic E-state index is 12.5. The fraction of sp³-hybridized carbons (Fsp3) is 0.188. The van der Waals surface area contributed by atoms with Crippen LogP contribution in [0.5, 0.6) is 0 Å². The summed E-state index contributed by atoms with van der Waals surface area (Å²) >= 11 is 7.65. The van der Waals surface area contributed by atoms with E-state index in [1.165, 1.54) is 23.1 Å². The van der Waals surface area contributed by atoms with Crippen molar-refractivity contribution >= 4 is 35.0 Å². The number of nitro benzene ring substituents is 1. The van der Waals surface area contributed by atoms with Crippen molar-refractivity contribution in [2.24, 2.45) is 0 Å². The summed E-state index contributed by atoms with van der Waals surface area (Å²) in [7, 11) is 1.64. The number of carbonyl (C=O) groups excluding carboxylic acids is 1. The summed E-state index contributed by atoms with van der Waals surface area (Å²) in [4.78, 5) is 25.4. The molecule has 2 aromatic carbocycles. The van der Waals surface area contributed by atoms with Gasteiger partial charge in [0.05, 0.1) is 15.5 Å². The van der Waals surface area contributed by atoms with Gasteiger partial charge in [0.15, 0.2) is 0 Å². The molecule has 120 valence electrons. The van der Waals surface area contributed by atoms with E-state index in [-0.39, 0.29) is 22.2 Å². The maximum absolute atomic E-state index is 12.5. The van der Waals surface area contributed by atoms with Crippen molar-refractivity contribution in [1.82, 2.24) is 4.90 Å². The van der Waals surface area contributed by atoms with Crippen LogP contribution < -0.4 is 0 Å². The van der Waals surface area contributed by atoms with Crippen LogP contribution in [0.25, 0.3) is 0 Å². The van der Waals surface area contributed by atoms with Gasteiger partial charge < -0.3 is 4.90 Å². The van der Waals surface area contributed by atoms with Crippen molar-refractivity contribution < 1.29 is 9.72 Å². The molecule has 0 unspecified atom stereocenters. The lowest BCUT2D eigenvalue weighted by Crippen LogP contribution is -2.26. The maximum Gasteiger partial charge on any atom is 0.270 e. The van der Waals surface area contributed by atoms with Crippen LogP contribution in [0.1, 0.15) is 15.9 Å². The van der Waals surface area contributed by atoms with Gasteiger partial charge in [-0.2, -0.15) is 0 Å². The monoisotopic (exact) mass is 350 g/mol. The van der Waals surface area contributed by atoms with Crippen molar-refractivity contribution in [2.45, 2.75) is 11.4 Å². The molecule has 0 bridgehead atoms. The number of halogens is 1. The highest BCUT2D eigenvalue weighted by atomic mass is 35.5. The molecule has 0 heterocycles. The fourth-order valence-electron chi connectivity index (χ4n) is 2.07. The van der Waals surface area contributed by atoms with Crippen molar-refractivity contribution in [3.8, 4) is 0 Å². The summed E-state index contributed by atoms with van der Waals surface area (Å²) < 4.78 is 0. The molecule has 0 aromatic heterocycles. The molecule has 0 aliphatic rings. The first-order valence-electron chi connectivity index (χ1n) is 6.74. The largest absolute Gasteiger partial charge is 0.337 e. The van der Waals surface area contributed by atoms with Gasteiger partial charge in [-0.1, -0.05) is 23.7 Å². The Hall–Kier alpha value is -2.05. The number of rotatable bonds is 5. The van der Waals surface area contributed by atoms with Gasteiger partial charge in [-0.15, -0.1) is 11.8 Å². The van der Waals surface area contributed by atoms with Gasteiger partial charge in [-0.05, 0) is 30.0 Å². The summed E-state index contributed by atoms with van der Waals surface area (Å²) in [5.74, 6) is -0.354. The average Bonchev–Trinajstić information content (AvgIpc) is 2.55. The van der Waals surface area contributed by atoms with Gasteiger partial charge in [-0.3, -0.25) is 14.9 Å². The lowest BCUT2D eigenvalue weighted by atomic mass is 10.1. The topological polar surface area (TPSA) is 63.5 Å². The zero-order chi connectivity index (χ0) is 17.0. The number of amides is 1. The Morgan fingerprint density at radius 3 is 2.48 bits per heavy atom. The molecule has 2 aromatic rings. The molecule has 0 atom stereocenters. The Morgan fingerprint density at radius 1 is 1.26 bits per heavy atom. The number of hydrogen-bond acceptors (Lipinski definition) is 4. The van der Waals surface area contributed by atoms with Crippen LogP contribution in [0, 0.1) is 10.1 Å². The van der Waals surface area contributed by atoms with Crippen LogP contribution in [-0.2, 0) is 6.54 Å². The fourth-order valence-corrected chi connectivity index (χ4v) is 2.68. The van der Waals surface area contributed by atoms with Crippen molar-refractivity contribution in [1.29, 1.82) is 0 Å². The van der Waals surface area contributed by atoms with Gasteiger partial charge in [0.2, 0.25) is 0 Å². The molecule has 0 saturated heterocycles. The smallest absolute Gasteiger partial charge is 0.270 e. The highest BCUT2D eigenvalue weighted by Crippen LogP contribution is 2.24. The molecule has 0 aliphatic carbocycles. The molecule has 2 rings (SSSR count). The number of non-ortho nitro benzene ring substituents is 1. The molecule has 0 radical (unpaired) electrons. The summed E-state index contributed by atoms with van der Waals surface area (Å²) in [6.07, 6.45) is 2.00. The standard InChI is InChI=1S/C16H15ClN2O3S/c1-18(10-11-3-6-13(23-2)7-4-11)16(20)14-9-12(19(21)22)5-8-15(14)17/h3-9H,10H2,1-2H3. The molecule has 0 N–H and O–H groups in total. The van der Waals surface area contributed by atoms with Crippen LogP contribution in [0.15, 0.2) is 47.4 Å². The van der Waals surface area contributed by atoms with Crippen LogP contribution in [0.4, 0.5) is 5.69 Å². The van der Waals surface area contributed by atoms with E-state index in [9.17, 15) is 14.9 Å². The second-order valence-electron chi connectivity index (χ2n) is 4.93. The first-order valence-corrected chi connectivity index (χ1v) is 8.35. The SMILES string of the molecule is CSc1ccc(CN(C)C(=O)c2cc([N+](=O)[O-])ccc2Cl)cc1. The van der Waals surface area contributed by atoms with E-state index in [4.69, 9.17) is 11.6 Å². The van der Waals surface area contributed by atoms with E-state index in [0.717, 1.165) is 10.5 Å². The normalized spacial score (nSPS) is 10.4. The van der Waals surface area contributed by atoms with Crippen LogP contribution >= 0.6 is 23.4 Å². The predicted octanol–water partition coefficient (Wildman–Crippen LogP) is 4.24. The molecule has 0 saturated carbocycles. The first-order chi connectivity index (χ1) is 10.9. The molecule has 1 amide bonds. The Labute approximate surface area is 143 Å². The second kappa shape index (κ2) is 7.48. The molecule has 23 heavy (non-hydrogen) atoms. The number of nitrogens with zero attached hydrogens (tertiary/aromatic N) is 2. The summed E-state index contributed by atoms with van der Waals surface area (Å²) in [5, 5.41) is 11.0. The van der Waals surface area contributed by atoms with Gasteiger partial charge >= 0.3 is 0 Å². The highest BCUT2D eigenvalue weighted by molar-refractivity contribution is 7.98. The highest BCUT2D eigenvalue weighted by Gasteiger charge is 2.19. The van der Waals surface area contributed by atoms with E-state index in [2.05, 4.69) is 0 Å². The Balaban J connectivity index is 2.18. The van der Waals surface area contributed by atoms with E-state index in [0.29, 0.717) is 6.54 Å². The number of nitro groups is 1. The van der Waals surface area contributed by atoms with Crippen molar-refractivity contribution in [3.63, 3.8) is 0 Å². The van der Waals surface area contributed by atoms with E-state index in [1.54, 1.807) is 18.8 Å². The van der Waals surface area contributed by atoms with Crippen LogP contribution in [0.2, 0.25) is 5.02 Å². The van der Waals surface area contributed by atoms with Gasteiger partial charge in [0.1, 0.15) is 0 Å². The molecule has 5 nitrogen and oxygen atoms in total. The predicted molar refractivity (Wildman–Crippen MR) is 92.1 cm³/mol. The molecule has 0 spiro atoms. The minimum atomic E-state index is -0.547. The Kier molecular flexibility index (Phi) is 5.63. The number of hydrogen-bond donors (Lipinski definition) is 0. The van der Waals surface area contributed by atoms with Crippen molar-refractivity contribution in [2.75, 3.05) is 13.3 Å². The molecule has 0 aliphatic heterocycles. The lowest BCUT2D eigenvalue weighted by Gasteiger charge is -2.18.